The highest BCUT2D eigenvalue weighted by molar-refractivity contribution is 7.89. The number of benzene rings is 2. The number of sulfonamides is 1. The summed E-state index contributed by atoms with van der Waals surface area (Å²) in [6, 6.07) is 13.1. The summed E-state index contributed by atoms with van der Waals surface area (Å²) in [7, 11) is -3.63. The number of hydrogen-bond acceptors (Lipinski definition) is 4. The molecule has 2 aromatic carbocycles. The first-order valence-electron chi connectivity index (χ1n) is 11.3. The standard InChI is InChI=1S/C25H30N2O3S/c1-17-6-5-9-20(14-17)31(29,30)27-13-12-21-24(16-28)26-23-11-10-19(15-22(23)25(21)27)18-7-3-2-4-8-18/h5-7,9-11,14-15,21,24-26,28H,2-4,8,12-13,16H2,1H3/t21-,24+,25-/m0/s1. The van der Waals surface area contributed by atoms with Crippen LogP contribution in [0, 0.1) is 12.8 Å². The quantitative estimate of drug-likeness (QED) is 0.738. The number of allylic oxidation sites excluding steroid dienone is 2. The van der Waals surface area contributed by atoms with Crippen LogP contribution in [0.2, 0.25) is 0 Å². The van der Waals surface area contributed by atoms with Gasteiger partial charge >= 0.3 is 0 Å². The summed E-state index contributed by atoms with van der Waals surface area (Å²) in [6.07, 6.45) is 7.68. The maximum absolute atomic E-state index is 13.7. The fraction of sp³-hybridized carbons (Fsp3) is 0.440. The third kappa shape index (κ3) is 3.60. The van der Waals surface area contributed by atoms with Gasteiger partial charge in [-0.05, 0) is 85.6 Å². The Morgan fingerprint density at radius 2 is 2.03 bits per heavy atom. The van der Waals surface area contributed by atoms with Crippen molar-refractivity contribution in [2.45, 2.75) is 56.0 Å². The van der Waals surface area contributed by atoms with Crippen LogP contribution in [-0.2, 0) is 10.0 Å². The van der Waals surface area contributed by atoms with Crippen molar-refractivity contribution in [1.29, 1.82) is 0 Å². The van der Waals surface area contributed by atoms with Gasteiger partial charge in [0.1, 0.15) is 0 Å². The molecule has 0 aromatic heterocycles. The fourth-order valence-electron chi connectivity index (χ4n) is 5.50. The maximum atomic E-state index is 13.7. The molecule has 0 saturated carbocycles. The second-order valence-corrected chi connectivity index (χ2v) is 10.9. The van der Waals surface area contributed by atoms with E-state index in [2.05, 4.69) is 29.6 Å². The van der Waals surface area contributed by atoms with E-state index in [1.807, 2.05) is 13.0 Å². The number of aliphatic hydroxyl groups excluding tert-OH is 1. The molecule has 0 bridgehead atoms. The van der Waals surface area contributed by atoms with Crippen LogP contribution in [0.4, 0.5) is 5.69 Å². The van der Waals surface area contributed by atoms with Gasteiger partial charge in [0.05, 0.1) is 23.6 Å². The molecule has 3 atom stereocenters. The monoisotopic (exact) mass is 438 g/mol. The zero-order chi connectivity index (χ0) is 21.6. The van der Waals surface area contributed by atoms with E-state index in [4.69, 9.17) is 0 Å². The molecule has 1 saturated heterocycles. The minimum absolute atomic E-state index is 0.00809. The summed E-state index contributed by atoms with van der Waals surface area (Å²) >= 11 is 0. The summed E-state index contributed by atoms with van der Waals surface area (Å²) in [5.74, 6) is 0.0488. The molecule has 5 nitrogen and oxygen atoms in total. The van der Waals surface area contributed by atoms with Gasteiger partial charge < -0.3 is 10.4 Å². The van der Waals surface area contributed by atoms with Crippen molar-refractivity contribution in [2.75, 3.05) is 18.5 Å². The second-order valence-electron chi connectivity index (χ2n) is 9.04. The van der Waals surface area contributed by atoms with Crippen LogP contribution >= 0.6 is 0 Å². The number of anilines is 1. The third-order valence-electron chi connectivity index (χ3n) is 7.08. The molecule has 1 aliphatic carbocycles. The number of fused-ring (bicyclic) bond motifs is 3. The zero-order valence-corrected chi connectivity index (χ0v) is 18.7. The first kappa shape index (κ1) is 20.7. The van der Waals surface area contributed by atoms with Gasteiger partial charge in [-0.25, -0.2) is 8.42 Å². The van der Waals surface area contributed by atoms with Crippen LogP contribution in [-0.4, -0.2) is 37.0 Å². The van der Waals surface area contributed by atoms with E-state index in [-0.39, 0.29) is 24.6 Å². The fourth-order valence-corrected chi connectivity index (χ4v) is 7.27. The molecular weight excluding hydrogens is 408 g/mol. The van der Waals surface area contributed by atoms with Crippen LogP contribution in [0.25, 0.3) is 5.57 Å². The van der Waals surface area contributed by atoms with Crippen LogP contribution in [0.15, 0.2) is 53.4 Å². The molecule has 2 heterocycles. The average Bonchev–Trinajstić information content (AvgIpc) is 3.25. The molecule has 0 spiro atoms. The summed E-state index contributed by atoms with van der Waals surface area (Å²) in [4.78, 5) is 0.347. The van der Waals surface area contributed by atoms with Gasteiger partial charge in [0.15, 0.2) is 0 Å². The summed E-state index contributed by atoms with van der Waals surface area (Å²) in [5, 5.41) is 13.5. The highest BCUT2D eigenvalue weighted by atomic mass is 32.2. The van der Waals surface area contributed by atoms with Crippen LogP contribution in [0.3, 0.4) is 0 Å². The third-order valence-corrected chi connectivity index (χ3v) is 8.96. The molecule has 164 valence electrons. The van der Waals surface area contributed by atoms with Crippen molar-refractivity contribution in [3.8, 4) is 0 Å². The highest BCUT2D eigenvalue weighted by Gasteiger charge is 2.48. The molecule has 2 N–H and O–H groups in total. The minimum Gasteiger partial charge on any atom is -0.394 e. The lowest BCUT2D eigenvalue weighted by molar-refractivity contribution is 0.210. The van der Waals surface area contributed by atoms with Gasteiger partial charge in [0, 0.05) is 18.2 Å². The molecule has 0 unspecified atom stereocenters. The predicted molar refractivity (Wildman–Crippen MR) is 123 cm³/mol. The van der Waals surface area contributed by atoms with Crippen LogP contribution < -0.4 is 5.32 Å². The van der Waals surface area contributed by atoms with Crippen LogP contribution in [0.5, 0.6) is 0 Å². The van der Waals surface area contributed by atoms with E-state index < -0.39 is 10.0 Å². The van der Waals surface area contributed by atoms with Crippen molar-refractivity contribution < 1.29 is 13.5 Å². The van der Waals surface area contributed by atoms with Crippen LogP contribution in [0.1, 0.15) is 54.8 Å². The summed E-state index contributed by atoms with van der Waals surface area (Å²) in [5.41, 5.74) is 5.46. The van der Waals surface area contributed by atoms with E-state index in [0.717, 1.165) is 36.1 Å². The van der Waals surface area contributed by atoms with Gasteiger partial charge in [-0.15, -0.1) is 0 Å². The lowest BCUT2D eigenvalue weighted by Gasteiger charge is -2.39. The molecule has 1 fully saturated rings. The van der Waals surface area contributed by atoms with E-state index in [9.17, 15) is 13.5 Å². The normalized spacial score (nSPS) is 26.0. The van der Waals surface area contributed by atoms with Crippen molar-refractivity contribution in [3.05, 3.63) is 65.2 Å². The van der Waals surface area contributed by atoms with Gasteiger partial charge in [-0.3, -0.25) is 0 Å². The van der Waals surface area contributed by atoms with Crippen molar-refractivity contribution >= 4 is 21.3 Å². The average molecular weight is 439 g/mol. The highest BCUT2D eigenvalue weighted by Crippen LogP contribution is 2.49. The minimum atomic E-state index is -3.63. The van der Waals surface area contributed by atoms with Crippen molar-refractivity contribution in [3.63, 3.8) is 0 Å². The first-order valence-corrected chi connectivity index (χ1v) is 12.7. The van der Waals surface area contributed by atoms with Gasteiger partial charge in [0.25, 0.3) is 0 Å². The SMILES string of the molecule is Cc1cccc(S(=O)(=O)N2CC[C@@H]3[C@H]2c2cc(C4=CCCCC4)ccc2N[C@@H]3CO)c1. The number of aliphatic hydroxyl groups is 1. The Labute approximate surface area is 184 Å². The number of aryl methyl sites for hydroxylation is 1. The predicted octanol–water partition coefficient (Wildman–Crippen LogP) is 4.49. The molecule has 5 rings (SSSR count). The molecule has 31 heavy (non-hydrogen) atoms. The van der Waals surface area contributed by atoms with Gasteiger partial charge in [-0.2, -0.15) is 4.31 Å². The lowest BCUT2D eigenvalue weighted by Crippen LogP contribution is -2.42. The zero-order valence-electron chi connectivity index (χ0n) is 17.9. The Morgan fingerprint density at radius 3 is 2.77 bits per heavy atom. The summed E-state index contributed by atoms with van der Waals surface area (Å²) < 4.78 is 29.0. The van der Waals surface area contributed by atoms with E-state index in [1.54, 1.807) is 22.5 Å². The Balaban J connectivity index is 1.60. The molecule has 0 amide bonds. The molecule has 6 heteroatoms. The van der Waals surface area contributed by atoms with Crippen molar-refractivity contribution in [1.82, 2.24) is 4.31 Å². The summed E-state index contributed by atoms with van der Waals surface area (Å²) in [6.45, 7) is 2.37. The molecule has 0 radical (unpaired) electrons. The number of nitrogens with zero attached hydrogens (tertiary/aromatic N) is 1. The van der Waals surface area contributed by atoms with Gasteiger partial charge in [-0.1, -0.05) is 24.3 Å². The largest absolute Gasteiger partial charge is 0.394 e. The number of rotatable bonds is 4. The molecule has 3 aliphatic rings. The van der Waals surface area contributed by atoms with E-state index in [0.29, 0.717) is 11.4 Å². The number of nitrogens with one attached hydrogen (secondary N) is 1. The first-order chi connectivity index (χ1) is 15.0. The molecule has 2 aromatic rings. The molecule has 2 aliphatic heterocycles. The number of hydrogen-bond donors (Lipinski definition) is 2. The topological polar surface area (TPSA) is 69.6 Å². The lowest BCUT2D eigenvalue weighted by atomic mass is 9.82. The van der Waals surface area contributed by atoms with Crippen molar-refractivity contribution in [2.24, 2.45) is 5.92 Å². The van der Waals surface area contributed by atoms with Gasteiger partial charge in [0.2, 0.25) is 10.0 Å². The maximum Gasteiger partial charge on any atom is 0.243 e. The smallest absolute Gasteiger partial charge is 0.243 e. The Morgan fingerprint density at radius 1 is 1.16 bits per heavy atom. The van der Waals surface area contributed by atoms with E-state index >= 15 is 0 Å². The Bertz CT molecular complexity index is 1130. The Kier molecular flexibility index (Phi) is 5.40. The molecular formula is C25H30N2O3S. The van der Waals surface area contributed by atoms with E-state index in [1.165, 1.54) is 24.0 Å². The Hall–Kier alpha value is -2.15. The second kappa shape index (κ2) is 8.08.